The van der Waals surface area contributed by atoms with Crippen LogP contribution >= 0.6 is 0 Å². The number of aliphatic hydroxyl groups excluding tert-OH is 1. The number of rotatable bonds is 7. The van der Waals surface area contributed by atoms with Crippen molar-refractivity contribution in [1.82, 2.24) is 5.32 Å². The molecule has 0 aliphatic rings. The number of ether oxygens (including phenoxy) is 1. The first-order valence-electron chi connectivity index (χ1n) is 7.44. The highest BCUT2D eigenvalue weighted by Gasteiger charge is 2.07. The first-order valence-corrected chi connectivity index (χ1v) is 7.44. The lowest BCUT2D eigenvalue weighted by molar-refractivity contribution is 0.175. The molecule has 2 rings (SSSR count). The van der Waals surface area contributed by atoms with E-state index < -0.39 is 6.10 Å². The first-order chi connectivity index (χ1) is 10.7. The Balaban J connectivity index is 1.83. The maximum absolute atomic E-state index is 10.2. The lowest BCUT2D eigenvalue weighted by Crippen LogP contribution is -2.23. The summed E-state index contributed by atoms with van der Waals surface area (Å²) in [5.74, 6) is 0.761. The SMILES string of the molecule is COc1cccc(C(O)CNCC(C)=Cc2ccccc2)c1. The molecule has 0 aliphatic carbocycles. The molecule has 0 heterocycles. The normalized spacial score (nSPS) is 13.0. The molecule has 0 amide bonds. The van der Waals surface area contributed by atoms with Gasteiger partial charge in [0.1, 0.15) is 5.75 Å². The smallest absolute Gasteiger partial charge is 0.119 e. The van der Waals surface area contributed by atoms with Crippen LogP contribution in [0.4, 0.5) is 0 Å². The van der Waals surface area contributed by atoms with Crippen molar-refractivity contribution in [3.8, 4) is 5.75 Å². The van der Waals surface area contributed by atoms with Crippen LogP contribution in [-0.4, -0.2) is 25.3 Å². The lowest BCUT2D eigenvalue weighted by atomic mass is 10.1. The maximum Gasteiger partial charge on any atom is 0.119 e. The Morgan fingerprint density at radius 1 is 1.18 bits per heavy atom. The zero-order valence-corrected chi connectivity index (χ0v) is 13.1. The molecule has 0 spiro atoms. The van der Waals surface area contributed by atoms with Crippen LogP contribution in [0.25, 0.3) is 6.08 Å². The van der Waals surface area contributed by atoms with Gasteiger partial charge in [0, 0.05) is 13.1 Å². The molecule has 1 unspecified atom stereocenters. The van der Waals surface area contributed by atoms with E-state index in [1.807, 2.05) is 42.5 Å². The molecule has 0 aliphatic heterocycles. The average Bonchev–Trinajstić information content (AvgIpc) is 2.55. The number of methoxy groups -OCH3 is 1. The number of aliphatic hydroxyl groups is 1. The summed E-state index contributed by atoms with van der Waals surface area (Å²) in [4.78, 5) is 0. The molecule has 1 atom stereocenters. The molecule has 0 bridgehead atoms. The van der Waals surface area contributed by atoms with Gasteiger partial charge >= 0.3 is 0 Å². The second kappa shape index (κ2) is 8.37. The van der Waals surface area contributed by atoms with Crippen LogP contribution in [-0.2, 0) is 0 Å². The second-order valence-corrected chi connectivity index (χ2v) is 5.32. The number of hydrogen-bond donors (Lipinski definition) is 2. The van der Waals surface area contributed by atoms with Crippen molar-refractivity contribution < 1.29 is 9.84 Å². The van der Waals surface area contributed by atoms with Crippen molar-refractivity contribution in [3.63, 3.8) is 0 Å². The molecule has 0 radical (unpaired) electrons. The third kappa shape index (κ3) is 5.02. The molecular weight excluding hydrogens is 274 g/mol. The summed E-state index contributed by atoms with van der Waals surface area (Å²) < 4.78 is 5.17. The fraction of sp³-hybridized carbons (Fsp3) is 0.263. The van der Waals surface area contributed by atoms with Gasteiger partial charge in [0.05, 0.1) is 13.2 Å². The third-order valence-corrected chi connectivity index (χ3v) is 3.43. The molecule has 3 nitrogen and oxygen atoms in total. The summed E-state index contributed by atoms with van der Waals surface area (Å²) in [5, 5.41) is 13.5. The number of hydrogen-bond acceptors (Lipinski definition) is 3. The summed E-state index contributed by atoms with van der Waals surface area (Å²) in [6, 6.07) is 17.7. The Labute approximate surface area is 132 Å². The van der Waals surface area contributed by atoms with Crippen molar-refractivity contribution in [3.05, 3.63) is 71.3 Å². The highest BCUT2D eigenvalue weighted by molar-refractivity contribution is 5.52. The van der Waals surface area contributed by atoms with Crippen LogP contribution in [0, 0.1) is 0 Å². The largest absolute Gasteiger partial charge is 0.497 e. The molecule has 0 fully saturated rings. The predicted molar refractivity (Wildman–Crippen MR) is 90.9 cm³/mol. The van der Waals surface area contributed by atoms with Gasteiger partial charge in [-0.05, 0) is 30.2 Å². The summed E-state index contributed by atoms with van der Waals surface area (Å²) in [6.07, 6.45) is 1.60. The average molecular weight is 297 g/mol. The van der Waals surface area contributed by atoms with Gasteiger partial charge < -0.3 is 15.2 Å². The van der Waals surface area contributed by atoms with E-state index in [0.717, 1.165) is 17.9 Å². The lowest BCUT2D eigenvalue weighted by Gasteiger charge is -2.13. The molecule has 0 aromatic heterocycles. The quantitative estimate of drug-likeness (QED) is 0.823. The van der Waals surface area contributed by atoms with E-state index in [2.05, 4.69) is 30.4 Å². The molecule has 22 heavy (non-hydrogen) atoms. The van der Waals surface area contributed by atoms with Crippen LogP contribution in [0.15, 0.2) is 60.2 Å². The van der Waals surface area contributed by atoms with E-state index in [-0.39, 0.29) is 0 Å². The Morgan fingerprint density at radius 3 is 2.68 bits per heavy atom. The van der Waals surface area contributed by atoms with E-state index in [0.29, 0.717) is 6.54 Å². The van der Waals surface area contributed by atoms with Gasteiger partial charge in [-0.2, -0.15) is 0 Å². The monoisotopic (exact) mass is 297 g/mol. The summed E-state index contributed by atoms with van der Waals surface area (Å²) in [6.45, 7) is 3.33. The van der Waals surface area contributed by atoms with Crippen molar-refractivity contribution in [2.45, 2.75) is 13.0 Å². The van der Waals surface area contributed by atoms with Crippen LogP contribution in [0.1, 0.15) is 24.2 Å². The zero-order valence-electron chi connectivity index (χ0n) is 13.1. The van der Waals surface area contributed by atoms with Gasteiger partial charge in [-0.1, -0.05) is 54.1 Å². The highest BCUT2D eigenvalue weighted by atomic mass is 16.5. The summed E-state index contributed by atoms with van der Waals surface area (Å²) in [7, 11) is 1.63. The minimum atomic E-state index is -0.542. The molecular formula is C19H23NO2. The number of nitrogens with one attached hydrogen (secondary N) is 1. The van der Waals surface area contributed by atoms with Gasteiger partial charge in [-0.3, -0.25) is 0 Å². The fourth-order valence-electron chi connectivity index (χ4n) is 2.26. The molecule has 2 N–H and O–H groups in total. The van der Waals surface area contributed by atoms with Crippen molar-refractivity contribution in [2.24, 2.45) is 0 Å². The van der Waals surface area contributed by atoms with E-state index in [4.69, 9.17) is 4.74 Å². The van der Waals surface area contributed by atoms with Crippen LogP contribution in [0.5, 0.6) is 5.75 Å². The van der Waals surface area contributed by atoms with Gasteiger partial charge in [-0.15, -0.1) is 0 Å². The van der Waals surface area contributed by atoms with Crippen molar-refractivity contribution in [1.29, 1.82) is 0 Å². The molecule has 2 aromatic carbocycles. The Hall–Kier alpha value is -2.10. The second-order valence-electron chi connectivity index (χ2n) is 5.32. The topological polar surface area (TPSA) is 41.5 Å². The Kier molecular flexibility index (Phi) is 6.19. The minimum Gasteiger partial charge on any atom is -0.497 e. The molecule has 0 saturated carbocycles. The van der Waals surface area contributed by atoms with Gasteiger partial charge in [-0.25, -0.2) is 0 Å². The number of benzene rings is 2. The Morgan fingerprint density at radius 2 is 1.95 bits per heavy atom. The van der Waals surface area contributed by atoms with Crippen molar-refractivity contribution >= 4 is 6.08 Å². The van der Waals surface area contributed by atoms with E-state index in [1.165, 1.54) is 11.1 Å². The maximum atomic E-state index is 10.2. The Bertz CT molecular complexity index is 608. The molecule has 2 aromatic rings. The van der Waals surface area contributed by atoms with E-state index in [1.54, 1.807) is 7.11 Å². The van der Waals surface area contributed by atoms with Crippen LogP contribution in [0.2, 0.25) is 0 Å². The highest BCUT2D eigenvalue weighted by Crippen LogP contribution is 2.18. The standard InChI is InChI=1S/C19H23NO2/c1-15(11-16-7-4-3-5-8-16)13-20-14-19(21)17-9-6-10-18(12-17)22-2/h3-12,19-21H,13-14H2,1-2H3. The van der Waals surface area contributed by atoms with E-state index in [9.17, 15) is 5.11 Å². The molecule has 0 saturated heterocycles. The summed E-state index contributed by atoms with van der Waals surface area (Å²) in [5.41, 5.74) is 3.27. The van der Waals surface area contributed by atoms with Crippen LogP contribution in [0.3, 0.4) is 0 Å². The minimum absolute atomic E-state index is 0.507. The van der Waals surface area contributed by atoms with Crippen LogP contribution < -0.4 is 10.1 Å². The van der Waals surface area contributed by atoms with Gasteiger partial charge in [0.15, 0.2) is 0 Å². The zero-order chi connectivity index (χ0) is 15.8. The van der Waals surface area contributed by atoms with Crippen molar-refractivity contribution in [2.75, 3.05) is 20.2 Å². The van der Waals surface area contributed by atoms with Gasteiger partial charge in [0.25, 0.3) is 0 Å². The third-order valence-electron chi connectivity index (χ3n) is 3.43. The van der Waals surface area contributed by atoms with Gasteiger partial charge in [0.2, 0.25) is 0 Å². The van der Waals surface area contributed by atoms with E-state index >= 15 is 0 Å². The first kappa shape index (κ1) is 16.3. The molecule has 116 valence electrons. The fourth-order valence-corrected chi connectivity index (χ4v) is 2.26. The summed E-state index contributed by atoms with van der Waals surface area (Å²) >= 11 is 0. The molecule has 3 heteroatoms. The predicted octanol–water partition coefficient (Wildman–Crippen LogP) is 3.42.